The van der Waals surface area contributed by atoms with E-state index in [1.807, 2.05) is 0 Å². The second kappa shape index (κ2) is 6.93. The fourth-order valence-corrected chi connectivity index (χ4v) is 1.58. The summed E-state index contributed by atoms with van der Waals surface area (Å²) in [5, 5.41) is 31.1. The lowest BCUT2D eigenvalue weighted by molar-refractivity contribution is 0.0108. The maximum absolute atomic E-state index is 11.4. The molecule has 1 aromatic heterocycles. The SMILES string of the molecule is CC(C)(C)OC(=O)NCC(O)C(O)c1ccc(O)c(Cl)n1. The molecule has 8 heteroatoms. The van der Waals surface area contributed by atoms with E-state index >= 15 is 0 Å². The van der Waals surface area contributed by atoms with Gasteiger partial charge in [0.05, 0.1) is 5.69 Å². The molecule has 1 rings (SSSR count). The van der Waals surface area contributed by atoms with Crippen molar-refractivity contribution in [1.29, 1.82) is 0 Å². The molecule has 7 nitrogen and oxygen atoms in total. The van der Waals surface area contributed by atoms with E-state index in [9.17, 15) is 20.1 Å². The number of amides is 1. The van der Waals surface area contributed by atoms with Gasteiger partial charge in [-0.15, -0.1) is 0 Å². The number of rotatable bonds is 4. The molecule has 0 aromatic carbocycles. The van der Waals surface area contributed by atoms with Crippen molar-refractivity contribution in [1.82, 2.24) is 10.3 Å². The Balaban J connectivity index is 2.56. The van der Waals surface area contributed by atoms with Crippen LogP contribution in [0.3, 0.4) is 0 Å². The summed E-state index contributed by atoms with van der Waals surface area (Å²) in [6.07, 6.45) is -3.37. The first-order chi connectivity index (χ1) is 9.60. The van der Waals surface area contributed by atoms with Crippen LogP contribution in [-0.4, -0.2) is 44.6 Å². The van der Waals surface area contributed by atoms with Gasteiger partial charge in [0.1, 0.15) is 17.8 Å². The molecular formula is C13H19ClN2O5. The van der Waals surface area contributed by atoms with Crippen molar-refractivity contribution in [3.8, 4) is 5.75 Å². The number of hydrogen-bond donors (Lipinski definition) is 4. The quantitative estimate of drug-likeness (QED) is 0.624. The normalized spacial score (nSPS) is 14.4. The van der Waals surface area contributed by atoms with Gasteiger partial charge < -0.3 is 25.4 Å². The van der Waals surface area contributed by atoms with Crippen molar-refractivity contribution >= 4 is 17.7 Å². The molecule has 0 spiro atoms. The number of nitrogens with zero attached hydrogens (tertiary/aromatic N) is 1. The zero-order chi connectivity index (χ0) is 16.2. The molecule has 0 radical (unpaired) electrons. The summed E-state index contributed by atoms with van der Waals surface area (Å²) in [5.41, 5.74) is -0.573. The molecule has 118 valence electrons. The first kappa shape index (κ1) is 17.5. The Labute approximate surface area is 127 Å². The van der Waals surface area contributed by atoms with Gasteiger partial charge in [0, 0.05) is 6.54 Å². The Morgan fingerprint density at radius 2 is 2.05 bits per heavy atom. The van der Waals surface area contributed by atoms with E-state index in [0.717, 1.165) is 0 Å². The maximum Gasteiger partial charge on any atom is 0.407 e. The molecule has 4 N–H and O–H groups in total. The number of carbonyl (C=O) groups excluding carboxylic acids is 1. The third kappa shape index (κ3) is 5.74. The monoisotopic (exact) mass is 318 g/mol. The highest BCUT2D eigenvalue weighted by atomic mass is 35.5. The lowest BCUT2D eigenvalue weighted by Crippen LogP contribution is -2.39. The van der Waals surface area contributed by atoms with E-state index in [2.05, 4.69) is 10.3 Å². The number of ether oxygens (including phenoxy) is 1. The van der Waals surface area contributed by atoms with Gasteiger partial charge in [-0.2, -0.15) is 0 Å². The van der Waals surface area contributed by atoms with Crippen molar-refractivity contribution in [2.45, 2.75) is 38.6 Å². The van der Waals surface area contributed by atoms with Crippen LogP contribution in [0.15, 0.2) is 12.1 Å². The van der Waals surface area contributed by atoms with Crippen molar-refractivity contribution in [2.75, 3.05) is 6.54 Å². The number of halogens is 1. The molecule has 21 heavy (non-hydrogen) atoms. The lowest BCUT2D eigenvalue weighted by atomic mass is 10.1. The van der Waals surface area contributed by atoms with Gasteiger partial charge in [-0.25, -0.2) is 9.78 Å². The number of pyridine rings is 1. The van der Waals surface area contributed by atoms with Gasteiger partial charge in [0.15, 0.2) is 10.9 Å². The highest BCUT2D eigenvalue weighted by molar-refractivity contribution is 6.30. The second-order valence-corrected chi connectivity index (χ2v) is 5.80. The summed E-state index contributed by atoms with van der Waals surface area (Å²) >= 11 is 5.62. The zero-order valence-electron chi connectivity index (χ0n) is 12.0. The standard InChI is InChI=1S/C13H19ClN2O5/c1-13(2,3)21-12(20)15-6-9(18)10(19)7-4-5-8(17)11(14)16-7/h4-5,9-10,17-19H,6H2,1-3H3,(H,15,20). The number of aromatic nitrogens is 1. The van der Waals surface area contributed by atoms with E-state index in [-0.39, 0.29) is 23.1 Å². The van der Waals surface area contributed by atoms with Crippen LogP contribution >= 0.6 is 11.6 Å². The number of hydrogen-bond acceptors (Lipinski definition) is 6. The Kier molecular flexibility index (Phi) is 5.77. The van der Waals surface area contributed by atoms with Gasteiger partial charge in [0.25, 0.3) is 0 Å². The van der Waals surface area contributed by atoms with Crippen LogP contribution in [0.2, 0.25) is 5.15 Å². The summed E-state index contributed by atoms with van der Waals surface area (Å²) in [5.74, 6) is -0.228. The summed E-state index contributed by atoms with van der Waals surface area (Å²) in [7, 11) is 0. The first-order valence-electron chi connectivity index (χ1n) is 6.28. The number of aromatic hydroxyl groups is 1. The molecule has 1 aromatic rings. The Hall–Kier alpha value is -1.57. The van der Waals surface area contributed by atoms with Gasteiger partial charge >= 0.3 is 6.09 Å². The Bertz CT molecular complexity index is 504. The first-order valence-corrected chi connectivity index (χ1v) is 6.66. The van der Waals surface area contributed by atoms with E-state index in [1.54, 1.807) is 20.8 Å². The highest BCUT2D eigenvalue weighted by Crippen LogP contribution is 2.24. The van der Waals surface area contributed by atoms with Gasteiger partial charge in [-0.3, -0.25) is 0 Å². The molecule has 0 bridgehead atoms. The molecule has 0 fully saturated rings. The van der Waals surface area contributed by atoms with Crippen LogP contribution in [0.5, 0.6) is 5.75 Å². The minimum atomic E-state index is -1.36. The summed E-state index contributed by atoms with van der Waals surface area (Å²) in [4.78, 5) is 15.2. The predicted octanol–water partition coefficient (Wildman–Crippen LogP) is 1.36. The molecule has 1 heterocycles. The van der Waals surface area contributed by atoms with Gasteiger partial charge in [0.2, 0.25) is 0 Å². The fourth-order valence-electron chi connectivity index (χ4n) is 1.42. The van der Waals surface area contributed by atoms with Crippen molar-refractivity contribution in [3.05, 3.63) is 23.0 Å². The average molecular weight is 319 g/mol. The molecule has 0 saturated carbocycles. The molecule has 2 atom stereocenters. The lowest BCUT2D eigenvalue weighted by Gasteiger charge is -2.22. The van der Waals surface area contributed by atoms with E-state index in [4.69, 9.17) is 16.3 Å². The van der Waals surface area contributed by atoms with E-state index in [1.165, 1.54) is 12.1 Å². The molecule has 1 amide bonds. The van der Waals surface area contributed by atoms with E-state index < -0.39 is 23.9 Å². The van der Waals surface area contributed by atoms with Crippen molar-refractivity contribution in [3.63, 3.8) is 0 Å². The van der Waals surface area contributed by atoms with E-state index in [0.29, 0.717) is 0 Å². The van der Waals surface area contributed by atoms with Crippen LogP contribution in [0.25, 0.3) is 0 Å². The van der Waals surface area contributed by atoms with Crippen LogP contribution in [0.1, 0.15) is 32.6 Å². The molecule has 2 unspecified atom stereocenters. The number of aliphatic hydroxyl groups excluding tert-OH is 2. The largest absolute Gasteiger partial charge is 0.505 e. The second-order valence-electron chi connectivity index (χ2n) is 5.44. The van der Waals surface area contributed by atoms with Crippen LogP contribution in [0.4, 0.5) is 4.79 Å². The summed E-state index contributed by atoms with van der Waals surface area (Å²) in [6.45, 7) is 4.90. The highest BCUT2D eigenvalue weighted by Gasteiger charge is 2.23. The third-order valence-corrected chi connectivity index (χ3v) is 2.65. The zero-order valence-corrected chi connectivity index (χ0v) is 12.8. The van der Waals surface area contributed by atoms with Crippen LogP contribution in [-0.2, 0) is 4.74 Å². The van der Waals surface area contributed by atoms with Crippen LogP contribution < -0.4 is 5.32 Å². The smallest absolute Gasteiger partial charge is 0.407 e. The van der Waals surface area contributed by atoms with Crippen molar-refractivity contribution < 1.29 is 24.9 Å². The molecule has 0 aliphatic rings. The summed E-state index contributed by atoms with van der Waals surface area (Å²) in [6, 6.07) is 2.57. The molecular weight excluding hydrogens is 300 g/mol. The van der Waals surface area contributed by atoms with Crippen LogP contribution in [0, 0.1) is 0 Å². The summed E-state index contributed by atoms with van der Waals surface area (Å²) < 4.78 is 5.00. The predicted molar refractivity (Wildman–Crippen MR) is 76.1 cm³/mol. The van der Waals surface area contributed by atoms with Gasteiger partial charge in [-0.05, 0) is 32.9 Å². The molecule has 0 aliphatic heterocycles. The molecule has 0 aliphatic carbocycles. The van der Waals surface area contributed by atoms with Crippen molar-refractivity contribution in [2.24, 2.45) is 0 Å². The topological polar surface area (TPSA) is 112 Å². The minimum Gasteiger partial charge on any atom is -0.505 e. The number of nitrogens with one attached hydrogen (secondary N) is 1. The number of carbonyl (C=O) groups is 1. The third-order valence-electron chi connectivity index (χ3n) is 2.37. The fraction of sp³-hybridized carbons (Fsp3) is 0.538. The minimum absolute atomic E-state index is 0.0799. The Morgan fingerprint density at radius 3 is 2.57 bits per heavy atom. The maximum atomic E-state index is 11.4. The number of alkyl carbamates (subject to hydrolysis) is 1. The molecule has 0 saturated heterocycles. The number of aliphatic hydroxyl groups is 2. The average Bonchev–Trinajstić information content (AvgIpc) is 2.36. The van der Waals surface area contributed by atoms with Gasteiger partial charge in [-0.1, -0.05) is 11.6 Å². The Morgan fingerprint density at radius 1 is 1.43 bits per heavy atom.